The molecular formula is C27H25FN4O4. The van der Waals surface area contributed by atoms with Gasteiger partial charge in [0.15, 0.2) is 12.4 Å². The van der Waals surface area contributed by atoms with Crippen LogP contribution >= 0.6 is 0 Å². The molecule has 8 nitrogen and oxygen atoms in total. The Bertz CT molecular complexity index is 1350. The number of anilines is 1. The first-order chi connectivity index (χ1) is 17.6. The summed E-state index contributed by atoms with van der Waals surface area (Å²) in [6, 6.07) is 18.8. The van der Waals surface area contributed by atoms with Crippen molar-refractivity contribution < 1.29 is 23.1 Å². The van der Waals surface area contributed by atoms with E-state index in [1.54, 1.807) is 35.2 Å². The second-order valence-electron chi connectivity index (χ2n) is 8.45. The molecule has 1 N–H and O–H groups in total. The van der Waals surface area contributed by atoms with E-state index in [-0.39, 0.29) is 30.8 Å². The van der Waals surface area contributed by atoms with Crippen LogP contribution in [0.5, 0.6) is 5.75 Å². The Morgan fingerprint density at radius 2 is 1.78 bits per heavy atom. The number of amides is 2. The minimum absolute atomic E-state index is 0.112. The van der Waals surface area contributed by atoms with Crippen molar-refractivity contribution in [1.29, 1.82) is 0 Å². The summed E-state index contributed by atoms with van der Waals surface area (Å²) in [5, 5.41) is 3.67. The molecule has 1 saturated heterocycles. The van der Waals surface area contributed by atoms with Crippen LogP contribution in [0.4, 0.5) is 10.2 Å². The summed E-state index contributed by atoms with van der Waals surface area (Å²) in [7, 11) is 0. The number of aromatic nitrogens is 1. The summed E-state index contributed by atoms with van der Waals surface area (Å²) in [5.41, 5.74) is 1.46. The number of nitrogens with one attached hydrogen (secondary N) is 1. The quantitative estimate of drug-likeness (QED) is 0.428. The van der Waals surface area contributed by atoms with Crippen LogP contribution in [0.15, 0.2) is 77.4 Å². The lowest BCUT2D eigenvalue weighted by Gasteiger charge is -2.35. The first-order valence-electron chi connectivity index (χ1n) is 11.7. The molecule has 36 heavy (non-hydrogen) atoms. The molecule has 2 aromatic heterocycles. The molecule has 0 unspecified atom stereocenters. The molecule has 0 aliphatic carbocycles. The van der Waals surface area contributed by atoms with Gasteiger partial charge in [-0.3, -0.25) is 9.59 Å². The molecule has 1 aliphatic rings. The van der Waals surface area contributed by atoms with Gasteiger partial charge >= 0.3 is 0 Å². The number of carbonyl (C=O) groups excluding carboxylic acids is 2. The van der Waals surface area contributed by atoms with Gasteiger partial charge in [-0.2, -0.15) is 0 Å². The molecule has 3 heterocycles. The van der Waals surface area contributed by atoms with Crippen LogP contribution in [0.3, 0.4) is 0 Å². The fourth-order valence-corrected chi connectivity index (χ4v) is 4.09. The average Bonchev–Trinajstić information content (AvgIpc) is 3.46. The van der Waals surface area contributed by atoms with Crippen LogP contribution in [0, 0.1) is 5.82 Å². The predicted octanol–water partition coefficient (Wildman–Crippen LogP) is 3.62. The summed E-state index contributed by atoms with van der Waals surface area (Å²) in [6.07, 6.45) is 1.50. The van der Waals surface area contributed by atoms with Crippen LogP contribution < -0.4 is 15.0 Å². The SMILES string of the molecule is O=C(COc1cccc2ccc(N3CCN(C(=O)c4ccco4)CC3)nc12)NCc1ccc(F)cc1. The lowest BCUT2D eigenvalue weighted by atomic mass is 10.2. The van der Waals surface area contributed by atoms with Crippen LogP contribution in [-0.2, 0) is 11.3 Å². The third-order valence-corrected chi connectivity index (χ3v) is 6.05. The van der Waals surface area contributed by atoms with Crippen molar-refractivity contribution in [3.05, 3.63) is 90.1 Å². The maximum atomic E-state index is 13.0. The van der Waals surface area contributed by atoms with Crippen molar-refractivity contribution in [3.8, 4) is 5.75 Å². The highest BCUT2D eigenvalue weighted by Gasteiger charge is 2.24. The number of halogens is 1. The van der Waals surface area contributed by atoms with Crippen LogP contribution in [-0.4, -0.2) is 54.5 Å². The number of fused-ring (bicyclic) bond motifs is 1. The predicted molar refractivity (Wildman–Crippen MR) is 132 cm³/mol. The molecule has 9 heteroatoms. The number of nitrogens with zero attached hydrogens (tertiary/aromatic N) is 3. The lowest BCUT2D eigenvalue weighted by molar-refractivity contribution is -0.123. The molecule has 1 fully saturated rings. The van der Waals surface area contributed by atoms with Crippen molar-refractivity contribution in [3.63, 3.8) is 0 Å². The first-order valence-corrected chi connectivity index (χ1v) is 11.7. The zero-order chi connectivity index (χ0) is 24.9. The van der Waals surface area contributed by atoms with E-state index < -0.39 is 0 Å². The molecule has 0 atom stereocenters. The maximum absolute atomic E-state index is 13.0. The average molecular weight is 489 g/mol. The van der Waals surface area contributed by atoms with Gasteiger partial charge in [0.25, 0.3) is 11.8 Å². The summed E-state index contributed by atoms with van der Waals surface area (Å²) in [4.78, 5) is 33.5. The highest BCUT2D eigenvalue weighted by molar-refractivity contribution is 5.91. The summed E-state index contributed by atoms with van der Waals surface area (Å²) < 4.78 is 24.1. The van der Waals surface area contributed by atoms with Crippen molar-refractivity contribution in [2.24, 2.45) is 0 Å². The monoisotopic (exact) mass is 488 g/mol. The summed E-state index contributed by atoms with van der Waals surface area (Å²) >= 11 is 0. The summed E-state index contributed by atoms with van der Waals surface area (Å²) in [6.45, 7) is 2.52. The van der Waals surface area contributed by atoms with Crippen molar-refractivity contribution in [2.45, 2.75) is 6.54 Å². The number of pyridine rings is 1. The van der Waals surface area contributed by atoms with Gasteiger partial charge in [0.2, 0.25) is 0 Å². The molecule has 0 radical (unpaired) electrons. The number of carbonyl (C=O) groups is 2. The maximum Gasteiger partial charge on any atom is 0.289 e. The first kappa shape index (κ1) is 23.3. The van der Waals surface area contributed by atoms with Crippen molar-refractivity contribution in [1.82, 2.24) is 15.2 Å². The van der Waals surface area contributed by atoms with Gasteiger partial charge in [-0.05, 0) is 48.0 Å². The topological polar surface area (TPSA) is 87.9 Å². The molecule has 0 spiro atoms. The van der Waals surface area contributed by atoms with Crippen LogP contribution in [0.1, 0.15) is 16.1 Å². The number of rotatable bonds is 7. The Morgan fingerprint density at radius 3 is 2.53 bits per heavy atom. The van der Waals surface area contributed by atoms with Crippen molar-refractivity contribution in [2.75, 3.05) is 37.7 Å². The van der Waals surface area contributed by atoms with Crippen LogP contribution in [0.2, 0.25) is 0 Å². The van der Waals surface area contributed by atoms with Gasteiger partial charge in [0.05, 0.1) is 6.26 Å². The van der Waals surface area contributed by atoms with Gasteiger partial charge in [-0.25, -0.2) is 9.37 Å². The Labute approximate surface area is 207 Å². The third kappa shape index (κ3) is 5.30. The number of piperazine rings is 1. The molecule has 4 aromatic rings. The van der Waals surface area contributed by atoms with Gasteiger partial charge in [-0.1, -0.05) is 24.3 Å². The molecule has 5 rings (SSSR count). The van der Waals surface area contributed by atoms with Gasteiger partial charge in [0, 0.05) is 38.1 Å². The molecule has 2 amide bonds. The minimum Gasteiger partial charge on any atom is -0.481 e. The smallest absolute Gasteiger partial charge is 0.289 e. The Kier molecular flexibility index (Phi) is 6.79. The molecular weight excluding hydrogens is 463 g/mol. The number of furan rings is 1. The van der Waals surface area contributed by atoms with E-state index in [1.807, 2.05) is 24.3 Å². The second kappa shape index (κ2) is 10.5. The zero-order valence-corrected chi connectivity index (χ0v) is 19.5. The van der Waals surface area contributed by atoms with Gasteiger partial charge in [-0.15, -0.1) is 0 Å². The third-order valence-electron chi connectivity index (χ3n) is 6.05. The number of ether oxygens (including phenoxy) is 1. The minimum atomic E-state index is -0.319. The van der Waals surface area contributed by atoms with Gasteiger partial charge < -0.3 is 24.3 Å². The Balaban J connectivity index is 1.21. The van der Waals surface area contributed by atoms with Crippen molar-refractivity contribution >= 4 is 28.5 Å². The van der Waals surface area contributed by atoms with E-state index in [0.29, 0.717) is 43.2 Å². The Morgan fingerprint density at radius 1 is 0.972 bits per heavy atom. The molecule has 0 bridgehead atoms. The number of benzene rings is 2. The van der Waals surface area contributed by atoms with E-state index in [2.05, 4.69) is 10.2 Å². The fraction of sp³-hybridized carbons (Fsp3) is 0.222. The largest absolute Gasteiger partial charge is 0.481 e. The Hall–Kier alpha value is -4.40. The normalized spacial score (nSPS) is 13.6. The number of para-hydroxylation sites is 1. The standard InChI is InChI=1S/C27H25FN4O4/c28-21-9-6-19(7-10-21)17-29-25(33)18-36-22-4-1-3-20-8-11-24(30-26(20)22)31-12-14-32(15-13-31)27(34)23-5-2-16-35-23/h1-11,16H,12-15,17-18H2,(H,29,33). The highest BCUT2D eigenvalue weighted by Crippen LogP contribution is 2.27. The van der Waals surface area contributed by atoms with Gasteiger partial charge in [0.1, 0.15) is 22.9 Å². The fourth-order valence-electron chi connectivity index (χ4n) is 4.09. The van der Waals surface area contributed by atoms with E-state index in [4.69, 9.17) is 14.1 Å². The molecule has 1 aliphatic heterocycles. The van der Waals surface area contributed by atoms with Crippen LogP contribution in [0.25, 0.3) is 10.9 Å². The van der Waals surface area contributed by atoms with E-state index >= 15 is 0 Å². The zero-order valence-electron chi connectivity index (χ0n) is 19.5. The summed E-state index contributed by atoms with van der Waals surface area (Å²) in [5.74, 6) is 0.919. The molecule has 184 valence electrons. The van der Waals surface area contributed by atoms with E-state index in [1.165, 1.54) is 18.4 Å². The molecule has 2 aromatic carbocycles. The van der Waals surface area contributed by atoms with E-state index in [0.717, 1.165) is 16.8 Å². The second-order valence-corrected chi connectivity index (χ2v) is 8.45. The highest BCUT2D eigenvalue weighted by atomic mass is 19.1. The van der Waals surface area contributed by atoms with E-state index in [9.17, 15) is 14.0 Å². The number of hydrogen-bond donors (Lipinski definition) is 1. The molecule has 0 saturated carbocycles. The number of hydrogen-bond acceptors (Lipinski definition) is 6. The lowest BCUT2D eigenvalue weighted by Crippen LogP contribution is -2.49.